The van der Waals surface area contributed by atoms with Crippen molar-refractivity contribution in [1.82, 2.24) is 4.98 Å². The molecule has 70 valence electrons. The van der Waals surface area contributed by atoms with E-state index in [2.05, 4.69) is 11.6 Å². The van der Waals surface area contributed by atoms with Gasteiger partial charge in [0.25, 0.3) is 9.05 Å². The lowest BCUT2D eigenvalue weighted by Crippen LogP contribution is -2.00. The summed E-state index contributed by atoms with van der Waals surface area (Å²) in [4.78, 5) is 3.70. The Morgan fingerprint density at radius 3 is 2.85 bits per heavy atom. The molecule has 0 bridgehead atoms. The highest BCUT2D eigenvalue weighted by Crippen LogP contribution is 2.17. The van der Waals surface area contributed by atoms with Gasteiger partial charge >= 0.3 is 0 Å². The van der Waals surface area contributed by atoms with E-state index in [1.54, 1.807) is 18.2 Å². The molecule has 0 unspecified atom stereocenters. The van der Waals surface area contributed by atoms with Crippen molar-refractivity contribution in [3.63, 3.8) is 0 Å². The van der Waals surface area contributed by atoms with Crippen molar-refractivity contribution in [3.05, 3.63) is 36.5 Å². The van der Waals surface area contributed by atoms with Crippen LogP contribution in [0, 0.1) is 0 Å². The highest BCUT2D eigenvalue weighted by atomic mass is 35.7. The van der Waals surface area contributed by atoms with E-state index >= 15 is 0 Å². The molecule has 0 fully saturated rings. The molecule has 0 aromatic carbocycles. The number of hydrogen-bond donors (Lipinski definition) is 0. The lowest BCUT2D eigenvalue weighted by molar-refractivity contribution is 0.605. The Morgan fingerprint density at radius 1 is 1.62 bits per heavy atom. The van der Waals surface area contributed by atoms with Crippen LogP contribution >= 0.6 is 10.7 Å². The van der Waals surface area contributed by atoms with E-state index in [1.165, 1.54) is 6.20 Å². The molecule has 3 nitrogen and oxygen atoms in total. The normalized spacial score (nSPS) is 11.2. The fraction of sp³-hybridized carbons (Fsp3) is 0.125. The summed E-state index contributed by atoms with van der Waals surface area (Å²) >= 11 is 0. The van der Waals surface area contributed by atoms with E-state index in [0.717, 1.165) is 0 Å². The molecule has 0 aliphatic rings. The van der Waals surface area contributed by atoms with Crippen LogP contribution < -0.4 is 0 Å². The maximum Gasteiger partial charge on any atom is 0.278 e. The monoisotopic (exact) mass is 217 g/mol. The molecule has 5 heteroatoms. The zero-order valence-corrected chi connectivity index (χ0v) is 8.35. The van der Waals surface area contributed by atoms with Crippen LogP contribution in [-0.2, 0) is 15.5 Å². The van der Waals surface area contributed by atoms with Crippen molar-refractivity contribution in [2.45, 2.75) is 11.4 Å². The van der Waals surface area contributed by atoms with Crippen LogP contribution in [0.3, 0.4) is 0 Å². The Hall–Kier alpha value is -0.870. The van der Waals surface area contributed by atoms with E-state index in [4.69, 9.17) is 10.7 Å². The summed E-state index contributed by atoms with van der Waals surface area (Å²) in [6.45, 7) is 3.51. The van der Waals surface area contributed by atoms with E-state index in [-0.39, 0.29) is 5.03 Å². The van der Waals surface area contributed by atoms with Gasteiger partial charge in [0.1, 0.15) is 0 Å². The number of aromatic nitrogens is 1. The van der Waals surface area contributed by atoms with Crippen LogP contribution in [0.1, 0.15) is 5.56 Å². The summed E-state index contributed by atoms with van der Waals surface area (Å²) in [6, 6.07) is 3.31. The van der Waals surface area contributed by atoms with Gasteiger partial charge in [0, 0.05) is 16.9 Å². The first kappa shape index (κ1) is 10.2. The predicted molar refractivity (Wildman–Crippen MR) is 51.2 cm³/mol. The summed E-state index contributed by atoms with van der Waals surface area (Å²) in [5.74, 6) is 0. The van der Waals surface area contributed by atoms with Crippen molar-refractivity contribution < 1.29 is 8.42 Å². The van der Waals surface area contributed by atoms with E-state index < -0.39 is 9.05 Å². The maximum absolute atomic E-state index is 11.0. The highest BCUT2D eigenvalue weighted by Gasteiger charge is 2.15. The van der Waals surface area contributed by atoms with Gasteiger partial charge in [0.15, 0.2) is 5.03 Å². The molecule has 1 rings (SSSR count). The zero-order valence-electron chi connectivity index (χ0n) is 6.77. The largest absolute Gasteiger partial charge is 0.278 e. The molecule has 1 heterocycles. The van der Waals surface area contributed by atoms with Crippen molar-refractivity contribution in [2.75, 3.05) is 0 Å². The molecule has 0 amide bonds. The minimum Gasteiger partial charge on any atom is -0.243 e. The first-order valence-electron chi connectivity index (χ1n) is 3.55. The highest BCUT2D eigenvalue weighted by molar-refractivity contribution is 8.13. The SMILES string of the molecule is C=CCc1cccnc1S(=O)(=O)Cl. The molecule has 0 aliphatic heterocycles. The summed E-state index contributed by atoms with van der Waals surface area (Å²) in [6.07, 6.45) is 3.43. The molecule has 13 heavy (non-hydrogen) atoms. The van der Waals surface area contributed by atoms with Crippen LogP contribution in [0.2, 0.25) is 0 Å². The minimum atomic E-state index is -3.74. The van der Waals surface area contributed by atoms with Gasteiger partial charge in [-0.1, -0.05) is 12.1 Å². The van der Waals surface area contributed by atoms with Gasteiger partial charge in [-0.15, -0.1) is 6.58 Å². The Bertz CT molecular complexity index is 414. The quantitative estimate of drug-likeness (QED) is 0.572. The molecular weight excluding hydrogens is 210 g/mol. The van der Waals surface area contributed by atoms with Crippen molar-refractivity contribution in [3.8, 4) is 0 Å². The third-order valence-corrected chi connectivity index (χ3v) is 2.71. The Balaban J connectivity index is 3.28. The second-order valence-corrected chi connectivity index (χ2v) is 4.88. The molecule has 0 N–H and O–H groups in total. The summed E-state index contributed by atoms with van der Waals surface area (Å²) in [7, 11) is 1.43. The van der Waals surface area contributed by atoms with E-state index in [0.29, 0.717) is 12.0 Å². The Morgan fingerprint density at radius 2 is 2.31 bits per heavy atom. The fourth-order valence-corrected chi connectivity index (χ4v) is 2.02. The number of pyridine rings is 1. The number of rotatable bonds is 3. The lowest BCUT2D eigenvalue weighted by atomic mass is 10.2. The Labute approximate surface area is 81.5 Å². The van der Waals surface area contributed by atoms with Crippen molar-refractivity contribution >= 4 is 19.7 Å². The van der Waals surface area contributed by atoms with Crippen molar-refractivity contribution in [1.29, 1.82) is 0 Å². The summed E-state index contributed by atoms with van der Waals surface area (Å²) in [5, 5.41) is -0.0865. The molecule has 1 aromatic rings. The summed E-state index contributed by atoms with van der Waals surface area (Å²) < 4.78 is 22.0. The van der Waals surface area contributed by atoms with Gasteiger partial charge in [-0.25, -0.2) is 13.4 Å². The third-order valence-electron chi connectivity index (χ3n) is 1.45. The van der Waals surface area contributed by atoms with E-state index in [1.807, 2.05) is 0 Å². The average molecular weight is 218 g/mol. The van der Waals surface area contributed by atoms with Gasteiger partial charge in [0.05, 0.1) is 0 Å². The number of hydrogen-bond acceptors (Lipinski definition) is 3. The molecule has 0 spiro atoms. The minimum absolute atomic E-state index is 0.0865. The van der Waals surface area contributed by atoms with Crippen molar-refractivity contribution in [2.24, 2.45) is 0 Å². The zero-order chi connectivity index (χ0) is 9.90. The standard InChI is InChI=1S/C8H8ClNO2S/c1-2-4-7-5-3-6-10-8(7)13(9,11)12/h2-3,5-6H,1,4H2. The predicted octanol–water partition coefficient (Wildman–Crippen LogP) is 1.74. The first-order chi connectivity index (χ1) is 6.05. The lowest BCUT2D eigenvalue weighted by Gasteiger charge is -2.01. The number of nitrogens with zero attached hydrogens (tertiary/aromatic N) is 1. The van der Waals surface area contributed by atoms with Crippen LogP contribution in [0.25, 0.3) is 0 Å². The van der Waals surface area contributed by atoms with E-state index in [9.17, 15) is 8.42 Å². The average Bonchev–Trinajstić information content (AvgIpc) is 2.04. The number of halogens is 1. The number of allylic oxidation sites excluding steroid dienone is 1. The van der Waals surface area contributed by atoms with Gasteiger partial charge in [-0.05, 0) is 18.1 Å². The van der Waals surface area contributed by atoms with Crippen LogP contribution in [0.4, 0.5) is 0 Å². The van der Waals surface area contributed by atoms with Gasteiger partial charge in [-0.3, -0.25) is 0 Å². The first-order valence-corrected chi connectivity index (χ1v) is 5.86. The second-order valence-electron chi connectivity index (χ2n) is 2.40. The van der Waals surface area contributed by atoms with Crippen LogP contribution in [0.5, 0.6) is 0 Å². The van der Waals surface area contributed by atoms with Crippen LogP contribution in [-0.4, -0.2) is 13.4 Å². The molecule has 1 aromatic heterocycles. The molecule has 0 aliphatic carbocycles. The molecule has 0 atom stereocenters. The molecule has 0 saturated heterocycles. The topological polar surface area (TPSA) is 47.0 Å². The fourth-order valence-electron chi connectivity index (χ4n) is 0.955. The van der Waals surface area contributed by atoms with Gasteiger partial charge < -0.3 is 0 Å². The summed E-state index contributed by atoms with van der Waals surface area (Å²) in [5.41, 5.74) is 0.563. The second kappa shape index (κ2) is 3.89. The van der Waals surface area contributed by atoms with Gasteiger partial charge in [-0.2, -0.15) is 0 Å². The molecular formula is C8H8ClNO2S. The molecule has 0 saturated carbocycles. The third kappa shape index (κ3) is 2.54. The smallest absolute Gasteiger partial charge is 0.243 e. The Kier molecular flexibility index (Phi) is 3.06. The van der Waals surface area contributed by atoms with Crippen LogP contribution in [0.15, 0.2) is 36.0 Å². The molecule has 0 radical (unpaired) electrons. The maximum atomic E-state index is 11.0. The van der Waals surface area contributed by atoms with Gasteiger partial charge in [0.2, 0.25) is 0 Å².